The summed E-state index contributed by atoms with van der Waals surface area (Å²) in [4.78, 5) is 46.6. The van der Waals surface area contributed by atoms with Crippen LogP contribution in [0.2, 0.25) is 0 Å². The van der Waals surface area contributed by atoms with Crippen LogP contribution in [0.25, 0.3) is 0 Å². The molecule has 0 aliphatic carbocycles. The van der Waals surface area contributed by atoms with Crippen LogP contribution in [0.15, 0.2) is 29.6 Å². The summed E-state index contributed by atoms with van der Waals surface area (Å²) in [5.41, 5.74) is -0.746. The highest BCUT2D eigenvalue weighted by atomic mass is 16.5. The fourth-order valence-electron chi connectivity index (χ4n) is 3.08. The van der Waals surface area contributed by atoms with Crippen molar-refractivity contribution in [1.29, 1.82) is 0 Å². The van der Waals surface area contributed by atoms with Crippen molar-refractivity contribution in [2.45, 2.75) is 19.3 Å². The molecule has 1 unspecified atom stereocenters. The molecule has 0 aromatic carbocycles. The topological polar surface area (TPSA) is 127 Å². The Morgan fingerprint density at radius 1 is 1.38 bits per heavy atom. The van der Waals surface area contributed by atoms with Crippen molar-refractivity contribution in [3.63, 3.8) is 0 Å². The van der Waals surface area contributed by atoms with Gasteiger partial charge in [0.05, 0.1) is 31.6 Å². The number of carbonyl (C=O) groups is 2. The normalized spacial score (nSPS) is 18.4. The van der Waals surface area contributed by atoms with Crippen molar-refractivity contribution in [3.05, 3.63) is 52.0 Å². The van der Waals surface area contributed by atoms with Gasteiger partial charge in [0.2, 0.25) is 5.43 Å². The van der Waals surface area contributed by atoms with E-state index in [2.05, 4.69) is 15.3 Å². The Labute approximate surface area is 147 Å². The molecule has 0 bridgehead atoms. The largest absolute Gasteiger partial charge is 0.503 e. The summed E-state index contributed by atoms with van der Waals surface area (Å²) in [7, 11) is 0. The monoisotopic (exact) mass is 357 g/mol. The molecule has 2 aromatic heterocycles. The number of rotatable bonds is 3. The molecule has 26 heavy (non-hydrogen) atoms. The van der Waals surface area contributed by atoms with Crippen LogP contribution in [0.3, 0.4) is 0 Å². The highest BCUT2D eigenvalue weighted by molar-refractivity contribution is 5.99. The van der Waals surface area contributed by atoms with Crippen molar-refractivity contribution in [1.82, 2.24) is 24.8 Å². The Morgan fingerprint density at radius 2 is 2.23 bits per heavy atom. The van der Waals surface area contributed by atoms with Gasteiger partial charge in [-0.25, -0.2) is 0 Å². The third-order valence-corrected chi connectivity index (χ3v) is 4.35. The molecule has 2 aliphatic heterocycles. The zero-order valence-electron chi connectivity index (χ0n) is 13.6. The maximum Gasteiger partial charge on any atom is 0.276 e. The van der Waals surface area contributed by atoms with E-state index in [4.69, 9.17) is 4.74 Å². The first-order chi connectivity index (χ1) is 12.6. The third-order valence-electron chi connectivity index (χ3n) is 4.35. The van der Waals surface area contributed by atoms with Crippen LogP contribution < -0.4 is 10.7 Å². The van der Waals surface area contributed by atoms with Gasteiger partial charge >= 0.3 is 0 Å². The molecule has 134 valence electrons. The van der Waals surface area contributed by atoms with Gasteiger partial charge in [0.15, 0.2) is 17.7 Å². The van der Waals surface area contributed by atoms with E-state index in [0.717, 1.165) is 0 Å². The number of aromatic hydroxyl groups is 1. The van der Waals surface area contributed by atoms with E-state index in [1.165, 1.54) is 34.3 Å². The van der Waals surface area contributed by atoms with Crippen LogP contribution >= 0.6 is 0 Å². The van der Waals surface area contributed by atoms with Crippen LogP contribution in [0.1, 0.15) is 26.5 Å². The lowest BCUT2D eigenvalue weighted by Crippen LogP contribution is -2.46. The lowest BCUT2D eigenvalue weighted by Gasteiger charge is -2.31. The number of nitrogens with zero attached hydrogens (tertiary/aromatic N) is 4. The molecule has 2 N–H and O–H groups in total. The summed E-state index contributed by atoms with van der Waals surface area (Å²) in [6.45, 7) is 1.10. The van der Waals surface area contributed by atoms with E-state index in [1.807, 2.05) is 0 Å². The first-order valence-electron chi connectivity index (χ1n) is 7.98. The van der Waals surface area contributed by atoms with Crippen molar-refractivity contribution in [2.24, 2.45) is 0 Å². The lowest BCUT2D eigenvalue weighted by atomic mass is 10.1. The summed E-state index contributed by atoms with van der Waals surface area (Å²) in [5.74, 6) is -1.89. The van der Waals surface area contributed by atoms with Gasteiger partial charge in [-0.05, 0) is 0 Å². The number of amides is 2. The number of carbonyl (C=O) groups excluding carboxylic acids is 2. The van der Waals surface area contributed by atoms with Gasteiger partial charge in [0, 0.05) is 25.1 Å². The number of fused-ring (bicyclic) bond motifs is 2. The molecule has 10 nitrogen and oxygen atoms in total. The second-order valence-electron chi connectivity index (χ2n) is 5.92. The van der Waals surface area contributed by atoms with Crippen molar-refractivity contribution in [2.75, 3.05) is 13.2 Å². The molecular formula is C16H15N5O5. The Bertz CT molecular complexity index is 942. The SMILES string of the molecule is O=C(NCc1cnccn1)c1cn2c(c(O)c1=O)C(=O)N1CCOC1C2. The number of nitrogens with one attached hydrogen (secondary N) is 1. The van der Waals surface area contributed by atoms with Crippen LogP contribution in [0, 0.1) is 0 Å². The van der Waals surface area contributed by atoms with E-state index >= 15 is 0 Å². The second-order valence-corrected chi connectivity index (χ2v) is 5.92. The molecule has 1 saturated heterocycles. The number of pyridine rings is 1. The summed E-state index contributed by atoms with van der Waals surface area (Å²) >= 11 is 0. The van der Waals surface area contributed by atoms with Gasteiger partial charge in [0.1, 0.15) is 5.56 Å². The number of hydrogen-bond acceptors (Lipinski definition) is 7. The second kappa shape index (κ2) is 6.23. The Kier molecular flexibility index (Phi) is 3.88. The van der Waals surface area contributed by atoms with Crippen LogP contribution in [-0.4, -0.2) is 55.7 Å². The van der Waals surface area contributed by atoms with Crippen LogP contribution in [0.4, 0.5) is 0 Å². The highest BCUT2D eigenvalue weighted by Crippen LogP contribution is 2.26. The molecule has 10 heteroatoms. The van der Waals surface area contributed by atoms with E-state index in [9.17, 15) is 19.5 Å². The lowest BCUT2D eigenvalue weighted by molar-refractivity contribution is 0.00845. The molecule has 1 fully saturated rings. The molecule has 4 heterocycles. The number of hydrogen-bond donors (Lipinski definition) is 2. The highest BCUT2D eigenvalue weighted by Gasteiger charge is 2.39. The van der Waals surface area contributed by atoms with Crippen LogP contribution in [-0.2, 0) is 17.8 Å². The average Bonchev–Trinajstić information content (AvgIpc) is 3.12. The molecule has 4 rings (SSSR count). The summed E-state index contributed by atoms with van der Waals surface area (Å²) in [6.07, 6.45) is 5.29. The third kappa shape index (κ3) is 2.60. The van der Waals surface area contributed by atoms with Gasteiger partial charge < -0.3 is 24.6 Å². The smallest absolute Gasteiger partial charge is 0.276 e. The fraction of sp³-hybridized carbons (Fsp3) is 0.312. The minimum Gasteiger partial charge on any atom is -0.503 e. The van der Waals surface area contributed by atoms with E-state index in [0.29, 0.717) is 18.8 Å². The van der Waals surface area contributed by atoms with Gasteiger partial charge in [0.25, 0.3) is 11.8 Å². The van der Waals surface area contributed by atoms with Crippen LogP contribution in [0.5, 0.6) is 5.75 Å². The molecule has 2 aliphatic rings. The maximum absolute atomic E-state index is 12.5. The maximum atomic E-state index is 12.5. The predicted molar refractivity (Wildman–Crippen MR) is 86.3 cm³/mol. The first-order valence-corrected chi connectivity index (χ1v) is 7.98. The van der Waals surface area contributed by atoms with Gasteiger partial charge in [-0.1, -0.05) is 0 Å². The van der Waals surface area contributed by atoms with E-state index in [-0.39, 0.29) is 24.3 Å². The summed E-state index contributed by atoms with van der Waals surface area (Å²) in [5, 5.41) is 12.8. The van der Waals surface area contributed by atoms with Crippen molar-refractivity contribution < 1.29 is 19.4 Å². The zero-order chi connectivity index (χ0) is 18.3. The average molecular weight is 357 g/mol. The minimum atomic E-state index is -0.889. The standard InChI is InChI=1S/C16H15N5O5/c22-13-10(15(24)19-6-9-5-17-1-2-18-9)7-20-8-11-21(3-4-26-11)16(25)12(20)14(13)23/h1-2,5,7,11,23H,3-4,6,8H2,(H,19,24). The number of ether oxygens (including phenoxy) is 1. The first kappa shape index (κ1) is 16.2. The van der Waals surface area contributed by atoms with Gasteiger partial charge in [-0.2, -0.15) is 0 Å². The molecule has 1 atom stereocenters. The van der Waals surface area contributed by atoms with E-state index < -0.39 is 29.2 Å². The predicted octanol–water partition coefficient (Wildman–Crippen LogP) is -0.914. The molecule has 0 radical (unpaired) electrons. The molecule has 2 amide bonds. The zero-order valence-corrected chi connectivity index (χ0v) is 13.6. The minimum absolute atomic E-state index is 0.0765. The molecule has 0 spiro atoms. The van der Waals surface area contributed by atoms with Gasteiger partial charge in [-0.15, -0.1) is 0 Å². The summed E-state index contributed by atoms with van der Waals surface area (Å²) < 4.78 is 6.86. The quantitative estimate of drug-likeness (QED) is 0.728. The Hall–Kier alpha value is -3.27. The summed E-state index contributed by atoms with van der Waals surface area (Å²) in [6, 6.07) is 0. The van der Waals surface area contributed by atoms with Crippen molar-refractivity contribution >= 4 is 11.8 Å². The van der Waals surface area contributed by atoms with Gasteiger partial charge in [-0.3, -0.25) is 24.4 Å². The molecule has 0 saturated carbocycles. The number of aromatic nitrogens is 3. The van der Waals surface area contributed by atoms with E-state index in [1.54, 1.807) is 0 Å². The Balaban J connectivity index is 1.64. The molecule has 2 aromatic rings. The Morgan fingerprint density at radius 3 is 3.00 bits per heavy atom. The van der Waals surface area contributed by atoms with Crippen molar-refractivity contribution in [3.8, 4) is 5.75 Å². The fourth-order valence-corrected chi connectivity index (χ4v) is 3.08. The molecular weight excluding hydrogens is 342 g/mol.